The van der Waals surface area contributed by atoms with Crippen molar-refractivity contribution in [2.75, 3.05) is 20.8 Å². The van der Waals surface area contributed by atoms with E-state index in [0.29, 0.717) is 12.4 Å². The SMILES string of the molecule is COCc1ccc(OCC(=O)OC)cc1. The minimum Gasteiger partial charge on any atom is -0.482 e. The van der Waals surface area contributed by atoms with E-state index < -0.39 is 5.97 Å². The predicted octanol–water partition coefficient (Wildman–Crippen LogP) is 1.38. The molecule has 0 unspecified atom stereocenters. The molecule has 0 heterocycles. The van der Waals surface area contributed by atoms with Gasteiger partial charge in [0.25, 0.3) is 0 Å². The first-order chi connectivity index (χ1) is 7.26. The molecular weight excluding hydrogens is 196 g/mol. The summed E-state index contributed by atoms with van der Waals surface area (Å²) in [4.78, 5) is 10.8. The third kappa shape index (κ3) is 3.99. The Kier molecular flexibility index (Phi) is 4.63. The quantitative estimate of drug-likeness (QED) is 0.689. The molecule has 0 aromatic heterocycles. The number of carbonyl (C=O) groups excluding carboxylic acids is 1. The third-order valence-electron chi connectivity index (χ3n) is 1.82. The summed E-state index contributed by atoms with van der Waals surface area (Å²) in [5.41, 5.74) is 1.06. The van der Waals surface area contributed by atoms with Gasteiger partial charge in [0.2, 0.25) is 0 Å². The van der Waals surface area contributed by atoms with E-state index in [9.17, 15) is 4.79 Å². The first-order valence-corrected chi connectivity index (χ1v) is 4.53. The lowest BCUT2D eigenvalue weighted by molar-refractivity contribution is -0.142. The highest BCUT2D eigenvalue weighted by atomic mass is 16.6. The molecule has 82 valence electrons. The number of benzene rings is 1. The Morgan fingerprint density at radius 3 is 2.40 bits per heavy atom. The van der Waals surface area contributed by atoms with Crippen molar-refractivity contribution in [1.29, 1.82) is 0 Å². The van der Waals surface area contributed by atoms with Gasteiger partial charge < -0.3 is 14.2 Å². The molecule has 1 rings (SSSR count). The molecule has 0 aliphatic rings. The molecule has 0 aliphatic carbocycles. The Hall–Kier alpha value is -1.55. The molecule has 0 bridgehead atoms. The average molecular weight is 210 g/mol. The molecule has 0 saturated carbocycles. The summed E-state index contributed by atoms with van der Waals surface area (Å²) in [6, 6.07) is 7.35. The van der Waals surface area contributed by atoms with Crippen molar-refractivity contribution in [2.24, 2.45) is 0 Å². The number of methoxy groups -OCH3 is 2. The van der Waals surface area contributed by atoms with Crippen LogP contribution in [0.15, 0.2) is 24.3 Å². The number of esters is 1. The lowest BCUT2D eigenvalue weighted by atomic mass is 10.2. The van der Waals surface area contributed by atoms with Crippen molar-refractivity contribution in [2.45, 2.75) is 6.61 Å². The number of carbonyl (C=O) groups is 1. The summed E-state index contributed by atoms with van der Waals surface area (Å²) in [5, 5.41) is 0. The minimum atomic E-state index is -0.393. The van der Waals surface area contributed by atoms with Gasteiger partial charge in [0, 0.05) is 7.11 Å². The number of ether oxygens (including phenoxy) is 3. The van der Waals surface area contributed by atoms with E-state index in [-0.39, 0.29) is 6.61 Å². The fourth-order valence-corrected chi connectivity index (χ4v) is 1.05. The van der Waals surface area contributed by atoms with Crippen molar-refractivity contribution < 1.29 is 19.0 Å². The van der Waals surface area contributed by atoms with Crippen LogP contribution in [-0.2, 0) is 20.9 Å². The molecule has 0 atom stereocenters. The van der Waals surface area contributed by atoms with Gasteiger partial charge in [-0.25, -0.2) is 4.79 Å². The molecule has 0 saturated heterocycles. The maximum Gasteiger partial charge on any atom is 0.343 e. The van der Waals surface area contributed by atoms with Crippen molar-refractivity contribution in [3.63, 3.8) is 0 Å². The molecular formula is C11H14O4. The summed E-state index contributed by atoms with van der Waals surface area (Å²) < 4.78 is 14.6. The van der Waals surface area contributed by atoms with Gasteiger partial charge in [-0.05, 0) is 17.7 Å². The number of hydrogen-bond acceptors (Lipinski definition) is 4. The van der Waals surface area contributed by atoms with Gasteiger partial charge in [-0.3, -0.25) is 0 Å². The second-order valence-electron chi connectivity index (χ2n) is 2.94. The molecule has 4 nitrogen and oxygen atoms in total. The Morgan fingerprint density at radius 2 is 1.87 bits per heavy atom. The van der Waals surface area contributed by atoms with E-state index >= 15 is 0 Å². The van der Waals surface area contributed by atoms with E-state index in [4.69, 9.17) is 9.47 Å². The first kappa shape index (κ1) is 11.5. The zero-order chi connectivity index (χ0) is 11.1. The smallest absolute Gasteiger partial charge is 0.343 e. The van der Waals surface area contributed by atoms with Crippen molar-refractivity contribution in [3.05, 3.63) is 29.8 Å². The number of hydrogen-bond donors (Lipinski definition) is 0. The molecule has 0 amide bonds. The van der Waals surface area contributed by atoms with Gasteiger partial charge in [-0.15, -0.1) is 0 Å². The van der Waals surface area contributed by atoms with Crippen molar-refractivity contribution >= 4 is 5.97 Å². The summed E-state index contributed by atoms with van der Waals surface area (Å²) in [7, 11) is 2.97. The van der Waals surface area contributed by atoms with E-state index in [1.807, 2.05) is 12.1 Å². The Labute approximate surface area is 88.8 Å². The highest BCUT2D eigenvalue weighted by Crippen LogP contribution is 2.12. The minimum absolute atomic E-state index is 0.0693. The lowest BCUT2D eigenvalue weighted by Crippen LogP contribution is -2.12. The molecule has 15 heavy (non-hydrogen) atoms. The maximum absolute atomic E-state index is 10.8. The molecule has 0 fully saturated rings. The predicted molar refractivity (Wildman–Crippen MR) is 54.7 cm³/mol. The van der Waals surface area contributed by atoms with Crippen LogP contribution in [0.4, 0.5) is 0 Å². The Balaban J connectivity index is 2.45. The maximum atomic E-state index is 10.8. The van der Waals surface area contributed by atoms with Crippen LogP contribution in [-0.4, -0.2) is 26.8 Å². The van der Waals surface area contributed by atoms with Crippen molar-refractivity contribution in [1.82, 2.24) is 0 Å². The van der Waals surface area contributed by atoms with Crippen LogP contribution in [0.5, 0.6) is 5.75 Å². The van der Waals surface area contributed by atoms with E-state index in [1.165, 1.54) is 7.11 Å². The molecule has 0 radical (unpaired) electrons. The van der Waals surface area contributed by atoms with Crippen LogP contribution < -0.4 is 4.74 Å². The van der Waals surface area contributed by atoms with Gasteiger partial charge in [-0.2, -0.15) is 0 Å². The van der Waals surface area contributed by atoms with Gasteiger partial charge in [0.05, 0.1) is 13.7 Å². The van der Waals surface area contributed by atoms with Crippen LogP contribution in [0.2, 0.25) is 0 Å². The Bertz CT molecular complexity index is 305. The highest BCUT2D eigenvalue weighted by molar-refractivity contribution is 5.70. The Morgan fingerprint density at radius 1 is 1.20 bits per heavy atom. The molecule has 0 spiro atoms. The summed E-state index contributed by atoms with van der Waals surface area (Å²) >= 11 is 0. The average Bonchev–Trinajstić information content (AvgIpc) is 2.28. The van der Waals surface area contributed by atoms with E-state index in [1.54, 1.807) is 19.2 Å². The summed E-state index contributed by atoms with van der Waals surface area (Å²) in [6.45, 7) is 0.497. The highest BCUT2D eigenvalue weighted by Gasteiger charge is 2.01. The second kappa shape index (κ2) is 6.03. The van der Waals surface area contributed by atoms with Gasteiger partial charge >= 0.3 is 5.97 Å². The van der Waals surface area contributed by atoms with Crippen LogP contribution in [0.1, 0.15) is 5.56 Å². The first-order valence-electron chi connectivity index (χ1n) is 4.53. The molecule has 1 aromatic carbocycles. The van der Waals surface area contributed by atoms with Crippen LogP contribution in [0.25, 0.3) is 0 Å². The van der Waals surface area contributed by atoms with Gasteiger partial charge in [0.1, 0.15) is 5.75 Å². The van der Waals surface area contributed by atoms with Gasteiger partial charge in [-0.1, -0.05) is 12.1 Å². The van der Waals surface area contributed by atoms with E-state index in [0.717, 1.165) is 5.56 Å². The topological polar surface area (TPSA) is 44.8 Å². The second-order valence-corrected chi connectivity index (χ2v) is 2.94. The molecule has 1 aromatic rings. The van der Waals surface area contributed by atoms with Crippen LogP contribution in [0, 0.1) is 0 Å². The monoisotopic (exact) mass is 210 g/mol. The van der Waals surface area contributed by atoms with E-state index in [2.05, 4.69) is 4.74 Å². The van der Waals surface area contributed by atoms with Gasteiger partial charge in [0.15, 0.2) is 6.61 Å². The van der Waals surface area contributed by atoms with Crippen LogP contribution in [0.3, 0.4) is 0 Å². The summed E-state index contributed by atoms with van der Waals surface area (Å²) in [5.74, 6) is 0.247. The largest absolute Gasteiger partial charge is 0.482 e. The van der Waals surface area contributed by atoms with Crippen LogP contribution >= 0.6 is 0 Å². The molecule has 4 heteroatoms. The lowest BCUT2D eigenvalue weighted by Gasteiger charge is -2.05. The fraction of sp³-hybridized carbons (Fsp3) is 0.364. The molecule has 0 N–H and O–H groups in total. The zero-order valence-electron chi connectivity index (χ0n) is 8.86. The van der Waals surface area contributed by atoms with Crippen molar-refractivity contribution in [3.8, 4) is 5.75 Å². The zero-order valence-corrected chi connectivity index (χ0v) is 8.86. The fourth-order valence-electron chi connectivity index (χ4n) is 1.05. The standard InChI is InChI=1S/C11H14O4/c1-13-7-9-3-5-10(6-4-9)15-8-11(12)14-2/h3-6H,7-8H2,1-2H3. The third-order valence-corrected chi connectivity index (χ3v) is 1.82. The normalized spacial score (nSPS) is 9.73. The number of rotatable bonds is 5. The summed E-state index contributed by atoms with van der Waals surface area (Å²) in [6.07, 6.45) is 0. The molecule has 0 aliphatic heterocycles.